The van der Waals surface area contributed by atoms with Crippen LogP contribution in [0.25, 0.3) is 0 Å². The van der Waals surface area contributed by atoms with E-state index < -0.39 is 0 Å². The maximum absolute atomic E-state index is 13.7. The normalized spacial score (nSPS) is 26.4. The minimum absolute atomic E-state index is 0.217. The number of halogens is 2. The van der Waals surface area contributed by atoms with Crippen LogP contribution >= 0.6 is 23.2 Å². The van der Waals surface area contributed by atoms with Crippen molar-refractivity contribution in [2.75, 3.05) is 26.2 Å². The minimum Gasteiger partial charge on any atom is -0.335 e. The number of benzene rings is 2. The van der Waals surface area contributed by atoms with Crippen LogP contribution in [-0.2, 0) is 17.8 Å². The molecule has 2 aromatic carbocycles. The molecule has 33 heavy (non-hydrogen) atoms. The Morgan fingerprint density at radius 2 is 1.58 bits per heavy atom. The lowest BCUT2D eigenvalue weighted by molar-refractivity contribution is -0.143. The number of hydrogen-bond donors (Lipinski definition) is 0. The predicted octanol–water partition coefficient (Wildman–Crippen LogP) is 5.27. The van der Waals surface area contributed by atoms with E-state index in [-0.39, 0.29) is 11.9 Å². The van der Waals surface area contributed by atoms with Gasteiger partial charge < -0.3 is 4.90 Å². The first-order chi connectivity index (χ1) is 16.1. The molecule has 1 amide bonds. The second kappa shape index (κ2) is 10.4. The van der Waals surface area contributed by atoms with Crippen LogP contribution < -0.4 is 0 Å². The van der Waals surface area contributed by atoms with Crippen LogP contribution in [0.3, 0.4) is 0 Å². The Hall–Kier alpha value is -1.59. The van der Waals surface area contributed by atoms with E-state index in [1.54, 1.807) is 6.07 Å². The molecule has 1 aliphatic carbocycles. The van der Waals surface area contributed by atoms with E-state index >= 15 is 0 Å². The molecule has 1 saturated carbocycles. The van der Waals surface area contributed by atoms with Crippen LogP contribution in [0.4, 0.5) is 0 Å². The molecular weight excluding hydrogens is 453 g/mol. The Morgan fingerprint density at radius 1 is 0.818 bits per heavy atom. The molecule has 0 spiro atoms. The van der Waals surface area contributed by atoms with Crippen LogP contribution in [0.15, 0.2) is 48.5 Å². The van der Waals surface area contributed by atoms with Gasteiger partial charge in [-0.25, -0.2) is 0 Å². The second-order valence-corrected chi connectivity index (χ2v) is 10.6. The SMILES string of the molecule is O=C(Cc1ccc(Cl)c(Cl)c1)N1CCN(Cc2ccccc2)[C@@H]2CCC[C@H](N3CCCC3)[C@@H]21. The minimum atomic E-state index is 0.217. The summed E-state index contributed by atoms with van der Waals surface area (Å²) < 4.78 is 0. The lowest BCUT2D eigenvalue weighted by atomic mass is 9.81. The van der Waals surface area contributed by atoms with E-state index in [9.17, 15) is 4.79 Å². The summed E-state index contributed by atoms with van der Waals surface area (Å²) in [7, 11) is 0. The Kier molecular flexibility index (Phi) is 7.27. The molecule has 3 atom stereocenters. The highest BCUT2D eigenvalue weighted by Crippen LogP contribution is 2.36. The van der Waals surface area contributed by atoms with E-state index in [0.717, 1.165) is 25.2 Å². The zero-order valence-corrected chi connectivity index (χ0v) is 20.6. The highest BCUT2D eigenvalue weighted by molar-refractivity contribution is 6.42. The zero-order chi connectivity index (χ0) is 22.8. The maximum Gasteiger partial charge on any atom is 0.227 e. The third-order valence-corrected chi connectivity index (χ3v) is 8.48. The third-order valence-electron chi connectivity index (χ3n) is 7.74. The van der Waals surface area contributed by atoms with Crippen LogP contribution in [0.2, 0.25) is 10.0 Å². The van der Waals surface area contributed by atoms with E-state index in [1.165, 1.54) is 50.8 Å². The van der Waals surface area contributed by atoms with Gasteiger partial charge in [0.25, 0.3) is 0 Å². The molecule has 0 N–H and O–H groups in total. The van der Waals surface area contributed by atoms with Gasteiger partial charge in [-0.2, -0.15) is 0 Å². The number of likely N-dealkylation sites (tertiary alicyclic amines) is 1. The molecule has 2 heterocycles. The standard InChI is InChI=1S/C27H33Cl2N3O/c28-22-12-11-21(17-23(22)29)18-26(33)32-16-15-31(19-20-7-2-1-3-8-20)25-10-6-9-24(27(25)32)30-13-4-5-14-30/h1-3,7-8,11-12,17,24-25,27H,4-6,9-10,13-16,18-19H2/t24-,25+,27-/m0/s1. The van der Waals surface area contributed by atoms with E-state index in [1.807, 2.05) is 12.1 Å². The average Bonchev–Trinajstić information content (AvgIpc) is 3.37. The number of piperazine rings is 1. The van der Waals surface area contributed by atoms with Crippen molar-refractivity contribution in [3.63, 3.8) is 0 Å². The summed E-state index contributed by atoms with van der Waals surface area (Å²) in [5.41, 5.74) is 2.29. The monoisotopic (exact) mass is 485 g/mol. The van der Waals surface area contributed by atoms with Gasteiger partial charge >= 0.3 is 0 Å². The number of carbonyl (C=O) groups is 1. The predicted molar refractivity (Wildman–Crippen MR) is 135 cm³/mol. The Bertz CT molecular complexity index is 963. The summed E-state index contributed by atoms with van der Waals surface area (Å²) >= 11 is 12.3. The first kappa shape index (κ1) is 23.2. The fourth-order valence-corrected chi connectivity index (χ4v) is 6.52. The maximum atomic E-state index is 13.7. The van der Waals surface area contributed by atoms with Crippen molar-refractivity contribution in [3.05, 3.63) is 69.7 Å². The topological polar surface area (TPSA) is 26.8 Å². The molecule has 0 aromatic heterocycles. The molecule has 3 aliphatic rings. The number of nitrogens with zero attached hydrogens (tertiary/aromatic N) is 3. The Morgan fingerprint density at radius 3 is 2.33 bits per heavy atom. The molecule has 4 nitrogen and oxygen atoms in total. The molecule has 2 aromatic rings. The summed E-state index contributed by atoms with van der Waals surface area (Å²) in [6.45, 7) is 5.01. The lowest BCUT2D eigenvalue weighted by Crippen LogP contribution is -2.68. The number of rotatable bonds is 5. The fraction of sp³-hybridized carbons (Fsp3) is 0.519. The van der Waals surface area contributed by atoms with Crippen molar-refractivity contribution >= 4 is 29.1 Å². The first-order valence-corrected chi connectivity index (χ1v) is 13.1. The number of carbonyl (C=O) groups excluding carboxylic acids is 1. The highest BCUT2D eigenvalue weighted by Gasteiger charge is 2.46. The third kappa shape index (κ3) is 5.09. The quantitative estimate of drug-likeness (QED) is 0.577. The molecule has 2 aliphatic heterocycles. The smallest absolute Gasteiger partial charge is 0.227 e. The summed E-state index contributed by atoms with van der Waals surface area (Å²) in [5, 5.41) is 1.05. The zero-order valence-electron chi connectivity index (χ0n) is 19.1. The van der Waals surface area contributed by atoms with Gasteiger partial charge in [0.2, 0.25) is 5.91 Å². The lowest BCUT2D eigenvalue weighted by Gasteiger charge is -2.55. The van der Waals surface area contributed by atoms with Gasteiger partial charge in [-0.1, -0.05) is 66.0 Å². The molecule has 0 bridgehead atoms. The largest absolute Gasteiger partial charge is 0.335 e. The van der Waals surface area contributed by atoms with Crippen molar-refractivity contribution in [1.29, 1.82) is 0 Å². The van der Waals surface area contributed by atoms with Gasteiger partial charge in [0, 0.05) is 31.7 Å². The highest BCUT2D eigenvalue weighted by atomic mass is 35.5. The molecule has 5 rings (SSSR count). The van der Waals surface area contributed by atoms with Crippen LogP contribution in [0.5, 0.6) is 0 Å². The molecular formula is C27H33Cl2N3O. The van der Waals surface area contributed by atoms with Crippen molar-refractivity contribution in [2.45, 2.75) is 63.2 Å². The van der Waals surface area contributed by atoms with E-state index in [4.69, 9.17) is 23.2 Å². The first-order valence-electron chi connectivity index (χ1n) is 12.4. The van der Waals surface area contributed by atoms with Crippen molar-refractivity contribution < 1.29 is 4.79 Å². The molecule has 0 unspecified atom stereocenters. The molecule has 6 heteroatoms. The van der Waals surface area contributed by atoms with Crippen LogP contribution in [0.1, 0.15) is 43.2 Å². The van der Waals surface area contributed by atoms with Crippen molar-refractivity contribution in [3.8, 4) is 0 Å². The average molecular weight is 486 g/mol. The number of amides is 1. The summed E-state index contributed by atoms with van der Waals surface area (Å²) in [6, 6.07) is 17.4. The number of fused-ring (bicyclic) bond motifs is 1. The molecule has 3 fully saturated rings. The van der Waals surface area contributed by atoms with Crippen LogP contribution in [-0.4, -0.2) is 64.9 Å². The Labute approximate surface area is 207 Å². The van der Waals surface area contributed by atoms with Gasteiger partial charge in [0.05, 0.1) is 22.5 Å². The van der Waals surface area contributed by atoms with E-state index in [2.05, 4.69) is 45.0 Å². The van der Waals surface area contributed by atoms with Gasteiger partial charge in [0.1, 0.15) is 0 Å². The van der Waals surface area contributed by atoms with Gasteiger partial charge in [-0.3, -0.25) is 14.6 Å². The summed E-state index contributed by atoms with van der Waals surface area (Å²) in [5.74, 6) is 0.217. The van der Waals surface area contributed by atoms with Gasteiger partial charge in [0.15, 0.2) is 0 Å². The van der Waals surface area contributed by atoms with E-state index in [0.29, 0.717) is 28.5 Å². The summed E-state index contributed by atoms with van der Waals surface area (Å²) in [4.78, 5) is 21.2. The van der Waals surface area contributed by atoms with Crippen LogP contribution in [0, 0.1) is 0 Å². The van der Waals surface area contributed by atoms with Crippen molar-refractivity contribution in [2.24, 2.45) is 0 Å². The number of hydrogen-bond acceptors (Lipinski definition) is 3. The molecule has 176 valence electrons. The summed E-state index contributed by atoms with van der Waals surface area (Å²) in [6.07, 6.45) is 6.53. The molecule has 2 saturated heterocycles. The second-order valence-electron chi connectivity index (χ2n) is 9.77. The molecule has 0 radical (unpaired) electrons. The Balaban J connectivity index is 1.39. The fourth-order valence-electron chi connectivity index (χ4n) is 6.20. The van der Waals surface area contributed by atoms with Crippen molar-refractivity contribution in [1.82, 2.24) is 14.7 Å². The van der Waals surface area contributed by atoms with Gasteiger partial charge in [-0.05, 0) is 62.0 Å². The van der Waals surface area contributed by atoms with Gasteiger partial charge in [-0.15, -0.1) is 0 Å².